The van der Waals surface area contributed by atoms with E-state index in [9.17, 15) is 0 Å². The van der Waals surface area contributed by atoms with Crippen molar-refractivity contribution < 1.29 is 0 Å². The highest BCUT2D eigenvalue weighted by molar-refractivity contribution is 5.31. The topological polar surface area (TPSA) is 49.8 Å². The molecule has 0 aromatic carbocycles. The summed E-state index contributed by atoms with van der Waals surface area (Å²) in [5.41, 5.74) is 1.05. The minimum Gasteiger partial charge on any atom is -0.372 e. The maximum absolute atomic E-state index is 4.44. The predicted octanol–water partition coefficient (Wildman–Crippen LogP) is 0.943. The second-order valence-corrected chi connectivity index (χ2v) is 3.23. The Hall–Kier alpha value is -1.16. The van der Waals surface area contributed by atoms with Gasteiger partial charge in [0.1, 0.15) is 5.82 Å². The Morgan fingerprint density at radius 3 is 3.15 bits per heavy atom. The van der Waals surface area contributed by atoms with Gasteiger partial charge in [-0.3, -0.25) is 4.98 Å². The van der Waals surface area contributed by atoms with Crippen LogP contribution in [0.4, 0.5) is 5.82 Å². The van der Waals surface area contributed by atoms with Crippen LogP contribution >= 0.6 is 0 Å². The number of rotatable bonds is 2. The van der Waals surface area contributed by atoms with Gasteiger partial charge in [-0.15, -0.1) is 0 Å². The molecule has 1 saturated heterocycles. The SMILES string of the molecule is CNc1cncc([C@H]2CCCN2)n1. The van der Waals surface area contributed by atoms with E-state index in [-0.39, 0.29) is 0 Å². The Bertz CT molecular complexity index is 281. The summed E-state index contributed by atoms with van der Waals surface area (Å²) >= 11 is 0. The van der Waals surface area contributed by atoms with Gasteiger partial charge in [0.05, 0.1) is 24.1 Å². The van der Waals surface area contributed by atoms with Gasteiger partial charge in [0.25, 0.3) is 0 Å². The van der Waals surface area contributed by atoms with Crippen molar-refractivity contribution in [3.63, 3.8) is 0 Å². The Morgan fingerprint density at radius 2 is 2.46 bits per heavy atom. The lowest BCUT2D eigenvalue weighted by atomic mass is 10.2. The average Bonchev–Trinajstić information content (AvgIpc) is 2.71. The van der Waals surface area contributed by atoms with Crippen LogP contribution in [-0.2, 0) is 0 Å². The maximum atomic E-state index is 4.44. The lowest BCUT2D eigenvalue weighted by Crippen LogP contribution is -2.15. The molecule has 13 heavy (non-hydrogen) atoms. The van der Waals surface area contributed by atoms with Crippen LogP contribution in [0.3, 0.4) is 0 Å². The lowest BCUT2D eigenvalue weighted by Gasteiger charge is -2.09. The third-order valence-corrected chi connectivity index (χ3v) is 2.33. The smallest absolute Gasteiger partial charge is 0.144 e. The largest absolute Gasteiger partial charge is 0.372 e. The summed E-state index contributed by atoms with van der Waals surface area (Å²) < 4.78 is 0. The monoisotopic (exact) mass is 178 g/mol. The molecule has 70 valence electrons. The fourth-order valence-electron chi connectivity index (χ4n) is 1.61. The summed E-state index contributed by atoms with van der Waals surface area (Å²) in [5, 5.41) is 6.38. The first-order valence-electron chi connectivity index (χ1n) is 4.63. The molecular weight excluding hydrogens is 164 g/mol. The van der Waals surface area contributed by atoms with Crippen molar-refractivity contribution in [1.82, 2.24) is 15.3 Å². The summed E-state index contributed by atoms with van der Waals surface area (Å²) in [7, 11) is 1.86. The number of aromatic nitrogens is 2. The lowest BCUT2D eigenvalue weighted by molar-refractivity contribution is 0.625. The zero-order valence-electron chi connectivity index (χ0n) is 7.75. The van der Waals surface area contributed by atoms with Gasteiger partial charge in [0.2, 0.25) is 0 Å². The van der Waals surface area contributed by atoms with E-state index in [0.29, 0.717) is 6.04 Å². The van der Waals surface area contributed by atoms with E-state index >= 15 is 0 Å². The summed E-state index contributed by atoms with van der Waals surface area (Å²) in [6, 6.07) is 0.404. The van der Waals surface area contributed by atoms with E-state index in [2.05, 4.69) is 20.6 Å². The second-order valence-electron chi connectivity index (χ2n) is 3.23. The van der Waals surface area contributed by atoms with Crippen molar-refractivity contribution in [2.75, 3.05) is 18.9 Å². The van der Waals surface area contributed by atoms with E-state index in [1.54, 1.807) is 6.20 Å². The Kier molecular flexibility index (Phi) is 2.40. The van der Waals surface area contributed by atoms with E-state index in [4.69, 9.17) is 0 Å². The summed E-state index contributed by atoms with van der Waals surface area (Å²) in [5.74, 6) is 0.839. The van der Waals surface area contributed by atoms with Crippen molar-refractivity contribution >= 4 is 5.82 Å². The van der Waals surface area contributed by atoms with Gasteiger partial charge in [-0.25, -0.2) is 4.98 Å². The summed E-state index contributed by atoms with van der Waals surface area (Å²) in [6.07, 6.45) is 5.97. The average molecular weight is 178 g/mol. The molecule has 0 saturated carbocycles. The molecule has 0 radical (unpaired) electrons. The highest BCUT2D eigenvalue weighted by atomic mass is 15.0. The summed E-state index contributed by atoms with van der Waals surface area (Å²) in [6.45, 7) is 1.09. The Labute approximate surface area is 77.8 Å². The van der Waals surface area contributed by atoms with Gasteiger partial charge in [-0.05, 0) is 19.4 Å². The van der Waals surface area contributed by atoms with E-state index in [0.717, 1.165) is 18.1 Å². The van der Waals surface area contributed by atoms with E-state index < -0.39 is 0 Å². The van der Waals surface area contributed by atoms with Crippen molar-refractivity contribution in [1.29, 1.82) is 0 Å². The molecule has 0 aliphatic carbocycles. The molecule has 0 amide bonds. The molecule has 2 heterocycles. The number of anilines is 1. The first-order chi connectivity index (χ1) is 6.40. The number of hydrogen-bond acceptors (Lipinski definition) is 4. The fraction of sp³-hybridized carbons (Fsp3) is 0.556. The van der Waals surface area contributed by atoms with Crippen LogP contribution in [0.5, 0.6) is 0 Å². The van der Waals surface area contributed by atoms with Crippen LogP contribution in [0.25, 0.3) is 0 Å². The molecule has 0 bridgehead atoms. The molecule has 1 atom stereocenters. The quantitative estimate of drug-likeness (QED) is 0.707. The number of nitrogens with zero attached hydrogens (tertiary/aromatic N) is 2. The number of hydrogen-bond donors (Lipinski definition) is 2. The van der Waals surface area contributed by atoms with Gasteiger partial charge in [-0.1, -0.05) is 0 Å². The number of nitrogens with one attached hydrogen (secondary N) is 2. The van der Waals surface area contributed by atoms with Crippen molar-refractivity contribution in [2.45, 2.75) is 18.9 Å². The maximum Gasteiger partial charge on any atom is 0.144 e. The fourth-order valence-corrected chi connectivity index (χ4v) is 1.61. The van der Waals surface area contributed by atoms with Crippen LogP contribution in [0, 0.1) is 0 Å². The molecule has 4 heteroatoms. The first kappa shape index (κ1) is 8.44. The summed E-state index contributed by atoms with van der Waals surface area (Å²) in [4.78, 5) is 8.57. The first-order valence-corrected chi connectivity index (χ1v) is 4.63. The molecule has 1 aliphatic heterocycles. The van der Waals surface area contributed by atoms with Gasteiger partial charge < -0.3 is 10.6 Å². The molecule has 0 spiro atoms. The van der Waals surface area contributed by atoms with E-state index in [1.807, 2.05) is 13.2 Å². The zero-order valence-corrected chi connectivity index (χ0v) is 7.75. The highest BCUT2D eigenvalue weighted by Crippen LogP contribution is 2.21. The molecule has 1 aromatic heterocycles. The van der Waals surface area contributed by atoms with E-state index in [1.165, 1.54) is 12.8 Å². The molecule has 4 nitrogen and oxygen atoms in total. The third-order valence-electron chi connectivity index (χ3n) is 2.33. The zero-order chi connectivity index (χ0) is 9.10. The molecule has 2 N–H and O–H groups in total. The minimum absolute atomic E-state index is 0.404. The van der Waals surface area contributed by atoms with Gasteiger partial charge in [0.15, 0.2) is 0 Å². The highest BCUT2D eigenvalue weighted by Gasteiger charge is 2.17. The van der Waals surface area contributed by atoms with Crippen molar-refractivity contribution in [2.24, 2.45) is 0 Å². The molecule has 1 aliphatic rings. The van der Waals surface area contributed by atoms with Gasteiger partial charge >= 0.3 is 0 Å². The third kappa shape index (κ3) is 1.78. The van der Waals surface area contributed by atoms with Gasteiger partial charge in [0, 0.05) is 7.05 Å². The standard InChI is InChI=1S/C9H14N4/c1-10-9-6-11-5-8(13-9)7-3-2-4-12-7/h5-7,12H,2-4H2,1H3,(H,10,13)/t7-/m1/s1. The van der Waals surface area contributed by atoms with Crippen molar-refractivity contribution in [3.8, 4) is 0 Å². The van der Waals surface area contributed by atoms with Crippen LogP contribution in [-0.4, -0.2) is 23.6 Å². The molecule has 2 rings (SSSR count). The van der Waals surface area contributed by atoms with Crippen LogP contribution in [0.2, 0.25) is 0 Å². The molecule has 1 aromatic rings. The second kappa shape index (κ2) is 3.70. The van der Waals surface area contributed by atoms with Crippen LogP contribution < -0.4 is 10.6 Å². The van der Waals surface area contributed by atoms with Crippen LogP contribution in [0.15, 0.2) is 12.4 Å². The molecule has 0 unspecified atom stereocenters. The normalized spacial score (nSPS) is 21.8. The molecule has 1 fully saturated rings. The van der Waals surface area contributed by atoms with Crippen molar-refractivity contribution in [3.05, 3.63) is 18.1 Å². The van der Waals surface area contributed by atoms with Gasteiger partial charge in [-0.2, -0.15) is 0 Å². The minimum atomic E-state index is 0.404. The predicted molar refractivity (Wildman–Crippen MR) is 51.6 cm³/mol. The Morgan fingerprint density at radius 1 is 1.54 bits per heavy atom. The Balaban J connectivity index is 2.18. The van der Waals surface area contributed by atoms with Crippen LogP contribution in [0.1, 0.15) is 24.6 Å². The molecular formula is C9H14N4.